The third kappa shape index (κ3) is 2.69. The first-order chi connectivity index (χ1) is 11.7. The van der Waals surface area contributed by atoms with Gasteiger partial charge in [0.15, 0.2) is 5.69 Å². The summed E-state index contributed by atoms with van der Waals surface area (Å²) in [6.45, 7) is 1.10. The highest BCUT2D eigenvalue weighted by atomic mass is 16.4. The molecule has 1 aliphatic heterocycles. The molecule has 0 saturated heterocycles. The molecule has 0 spiro atoms. The van der Waals surface area contributed by atoms with Crippen molar-refractivity contribution in [3.05, 3.63) is 71.8 Å². The van der Waals surface area contributed by atoms with Crippen LogP contribution in [0.25, 0.3) is 0 Å². The summed E-state index contributed by atoms with van der Waals surface area (Å²) in [5, 5.41) is 15.8. The van der Waals surface area contributed by atoms with Gasteiger partial charge in [-0.2, -0.15) is 0 Å². The molecule has 2 heterocycles. The number of hydrogen-bond donors (Lipinski definition) is 3. The van der Waals surface area contributed by atoms with E-state index in [0.717, 1.165) is 28.5 Å². The molecule has 1 aliphatic rings. The summed E-state index contributed by atoms with van der Waals surface area (Å²) in [6.07, 6.45) is 1.59. The van der Waals surface area contributed by atoms with E-state index >= 15 is 0 Å². The number of fused-ring (bicyclic) bond motifs is 2. The standard InChI is InChI=1S/C18H16N4O2/c23-18(24)16-11-22-10-12-6-7-14(20-13-4-2-1-3-5-13)8-15(12)19-9-17(22)21-16/h1-8,11,19-20H,9-10H2,(H,23,24). The molecule has 0 aliphatic carbocycles. The van der Waals surface area contributed by atoms with Crippen LogP contribution in [0.3, 0.4) is 0 Å². The highest BCUT2D eigenvalue weighted by Gasteiger charge is 2.17. The molecule has 120 valence electrons. The summed E-state index contributed by atoms with van der Waals surface area (Å²) in [7, 11) is 0. The SMILES string of the molecule is O=C(O)c1cn2c(n1)CNc1cc(Nc3ccccc3)ccc1C2. The van der Waals surface area contributed by atoms with E-state index in [4.69, 9.17) is 5.11 Å². The van der Waals surface area contributed by atoms with E-state index in [0.29, 0.717) is 13.1 Å². The maximum absolute atomic E-state index is 11.1. The first kappa shape index (κ1) is 14.3. The number of aromatic nitrogens is 2. The molecule has 0 bridgehead atoms. The molecule has 0 saturated carbocycles. The van der Waals surface area contributed by atoms with Gasteiger partial charge in [-0.05, 0) is 29.8 Å². The van der Waals surface area contributed by atoms with Gasteiger partial charge in [0.05, 0.1) is 13.1 Å². The third-order valence-corrected chi connectivity index (χ3v) is 4.03. The Balaban J connectivity index is 1.61. The fraction of sp³-hybridized carbons (Fsp3) is 0.111. The first-order valence-corrected chi connectivity index (χ1v) is 7.67. The predicted octanol–water partition coefficient (Wildman–Crippen LogP) is 3.30. The van der Waals surface area contributed by atoms with E-state index in [1.165, 1.54) is 0 Å². The molecule has 2 aromatic carbocycles. The predicted molar refractivity (Wildman–Crippen MR) is 91.8 cm³/mol. The van der Waals surface area contributed by atoms with Crippen molar-refractivity contribution >= 4 is 23.0 Å². The van der Waals surface area contributed by atoms with Crippen LogP contribution in [0, 0.1) is 0 Å². The number of benzene rings is 2. The molecule has 0 fully saturated rings. The summed E-state index contributed by atoms with van der Waals surface area (Å²) in [5.41, 5.74) is 4.24. The lowest BCUT2D eigenvalue weighted by molar-refractivity contribution is 0.0691. The minimum Gasteiger partial charge on any atom is -0.476 e. The molecule has 3 N–H and O–H groups in total. The molecule has 0 radical (unpaired) electrons. The van der Waals surface area contributed by atoms with Crippen LogP contribution >= 0.6 is 0 Å². The van der Waals surface area contributed by atoms with Gasteiger partial charge in [-0.1, -0.05) is 24.3 Å². The van der Waals surface area contributed by atoms with Crippen LogP contribution in [-0.4, -0.2) is 20.6 Å². The van der Waals surface area contributed by atoms with Crippen molar-refractivity contribution in [2.24, 2.45) is 0 Å². The number of carbonyl (C=O) groups is 1. The lowest BCUT2D eigenvalue weighted by Gasteiger charge is -2.12. The number of anilines is 3. The lowest BCUT2D eigenvalue weighted by atomic mass is 10.1. The van der Waals surface area contributed by atoms with Gasteiger partial charge in [0.25, 0.3) is 0 Å². The zero-order chi connectivity index (χ0) is 16.5. The molecule has 6 heteroatoms. The van der Waals surface area contributed by atoms with Crippen molar-refractivity contribution in [3.8, 4) is 0 Å². The third-order valence-electron chi connectivity index (χ3n) is 4.03. The summed E-state index contributed by atoms with van der Waals surface area (Å²) in [5.74, 6) is -0.278. The highest BCUT2D eigenvalue weighted by molar-refractivity contribution is 5.85. The fourth-order valence-electron chi connectivity index (χ4n) is 2.84. The first-order valence-electron chi connectivity index (χ1n) is 7.67. The number of nitrogens with zero attached hydrogens (tertiary/aromatic N) is 2. The van der Waals surface area contributed by atoms with Gasteiger partial charge in [-0.15, -0.1) is 0 Å². The van der Waals surface area contributed by atoms with Gasteiger partial charge < -0.3 is 20.3 Å². The van der Waals surface area contributed by atoms with Crippen LogP contribution in [0.4, 0.5) is 17.1 Å². The van der Waals surface area contributed by atoms with Gasteiger partial charge in [-0.3, -0.25) is 0 Å². The van der Waals surface area contributed by atoms with Crippen LogP contribution < -0.4 is 10.6 Å². The Bertz CT molecular complexity index is 903. The Labute approximate surface area is 138 Å². The Morgan fingerprint density at radius 1 is 1.17 bits per heavy atom. The van der Waals surface area contributed by atoms with Crippen molar-refractivity contribution in [3.63, 3.8) is 0 Å². The second kappa shape index (κ2) is 5.73. The molecule has 3 aromatic rings. The minimum atomic E-state index is -1.00. The zero-order valence-electron chi connectivity index (χ0n) is 12.9. The average molecular weight is 320 g/mol. The van der Waals surface area contributed by atoms with E-state index < -0.39 is 5.97 Å². The van der Waals surface area contributed by atoms with Gasteiger partial charge in [0.2, 0.25) is 0 Å². The minimum absolute atomic E-state index is 0.0811. The van der Waals surface area contributed by atoms with Crippen molar-refractivity contribution in [2.45, 2.75) is 13.1 Å². The van der Waals surface area contributed by atoms with Crippen molar-refractivity contribution in [2.75, 3.05) is 10.6 Å². The number of hydrogen-bond acceptors (Lipinski definition) is 4. The van der Waals surface area contributed by atoms with E-state index in [2.05, 4.69) is 21.7 Å². The molecule has 0 unspecified atom stereocenters. The number of para-hydroxylation sites is 1. The van der Waals surface area contributed by atoms with Gasteiger partial charge in [-0.25, -0.2) is 9.78 Å². The summed E-state index contributed by atoms with van der Waals surface area (Å²) in [4.78, 5) is 15.2. The number of carboxylic acid groups (broad SMARTS) is 1. The number of aromatic carboxylic acids is 1. The zero-order valence-corrected chi connectivity index (χ0v) is 12.9. The summed E-state index contributed by atoms with van der Waals surface area (Å²) in [6, 6.07) is 16.1. The molecule has 24 heavy (non-hydrogen) atoms. The van der Waals surface area contributed by atoms with Crippen molar-refractivity contribution < 1.29 is 9.90 Å². The molecule has 0 atom stereocenters. The smallest absolute Gasteiger partial charge is 0.356 e. The molecule has 4 rings (SSSR count). The van der Waals surface area contributed by atoms with Gasteiger partial charge in [0.1, 0.15) is 5.82 Å². The lowest BCUT2D eigenvalue weighted by Crippen LogP contribution is -2.03. The Morgan fingerprint density at radius 3 is 2.79 bits per heavy atom. The number of imidazole rings is 1. The monoisotopic (exact) mass is 320 g/mol. The van der Waals surface area contributed by atoms with E-state index in [9.17, 15) is 4.79 Å². The second-order valence-electron chi connectivity index (χ2n) is 5.69. The number of nitrogens with one attached hydrogen (secondary N) is 2. The van der Waals surface area contributed by atoms with Gasteiger partial charge >= 0.3 is 5.97 Å². The quantitative estimate of drug-likeness (QED) is 0.690. The largest absolute Gasteiger partial charge is 0.476 e. The second-order valence-corrected chi connectivity index (χ2v) is 5.69. The van der Waals surface area contributed by atoms with E-state index in [1.807, 2.05) is 47.0 Å². The molecule has 6 nitrogen and oxygen atoms in total. The molecular weight excluding hydrogens is 304 g/mol. The summed E-state index contributed by atoms with van der Waals surface area (Å²) >= 11 is 0. The van der Waals surface area contributed by atoms with Crippen LogP contribution in [0.1, 0.15) is 21.9 Å². The summed E-state index contributed by atoms with van der Waals surface area (Å²) < 4.78 is 1.88. The van der Waals surface area contributed by atoms with Crippen LogP contribution in [0.15, 0.2) is 54.7 Å². The highest BCUT2D eigenvalue weighted by Crippen LogP contribution is 2.27. The van der Waals surface area contributed by atoms with Crippen molar-refractivity contribution in [1.29, 1.82) is 0 Å². The molecular formula is C18H16N4O2. The Morgan fingerprint density at radius 2 is 2.00 bits per heavy atom. The van der Waals surface area contributed by atoms with E-state index in [-0.39, 0.29) is 5.69 Å². The van der Waals surface area contributed by atoms with Crippen LogP contribution in [0.5, 0.6) is 0 Å². The molecule has 1 aromatic heterocycles. The van der Waals surface area contributed by atoms with Gasteiger partial charge in [0, 0.05) is 23.3 Å². The van der Waals surface area contributed by atoms with Crippen molar-refractivity contribution in [1.82, 2.24) is 9.55 Å². The van der Waals surface area contributed by atoms with Crippen LogP contribution in [-0.2, 0) is 13.1 Å². The average Bonchev–Trinajstić information content (AvgIpc) is 2.91. The normalized spacial score (nSPS) is 12.5. The Hall–Kier alpha value is -3.28. The van der Waals surface area contributed by atoms with Crippen LogP contribution in [0.2, 0.25) is 0 Å². The number of rotatable bonds is 3. The maximum atomic E-state index is 11.1. The fourth-order valence-corrected chi connectivity index (χ4v) is 2.84. The Kier molecular flexibility index (Phi) is 3.42. The maximum Gasteiger partial charge on any atom is 0.356 e. The number of carboxylic acids is 1. The topological polar surface area (TPSA) is 79.2 Å². The van der Waals surface area contributed by atoms with E-state index in [1.54, 1.807) is 6.20 Å². The molecule has 0 amide bonds.